The normalized spacial score (nSPS) is 15.6. The quantitative estimate of drug-likeness (QED) is 0.161. The van der Waals surface area contributed by atoms with Crippen LogP contribution in [0.1, 0.15) is 64.1 Å². The smallest absolute Gasteiger partial charge is 0.378 e. The van der Waals surface area contributed by atoms with E-state index < -0.39 is 101 Å². The largest absolute Gasteiger partial charge is 0.435 e. The van der Waals surface area contributed by atoms with Crippen LogP contribution < -0.4 is 11.1 Å². The van der Waals surface area contributed by atoms with Crippen LogP contribution in [0.2, 0.25) is 0 Å². The average molecular weight is 730 g/mol. The summed E-state index contributed by atoms with van der Waals surface area (Å²) in [5.41, 5.74) is -0.350. The van der Waals surface area contributed by atoms with Crippen molar-refractivity contribution in [3.05, 3.63) is 105 Å². The van der Waals surface area contributed by atoms with Gasteiger partial charge in [-0.25, -0.2) is 18.2 Å². The molecule has 270 valence electrons. The molecule has 2 aromatic carbocycles. The zero-order valence-electron chi connectivity index (χ0n) is 27.2. The van der Waals surface area contributed by atoms with E-state index in [0.29, 0.717) is 6.07 Å². The Morgan fingerprint density at radius 3 is 2.37 bits per heavy atom. The molecule has 2 atom stereocenters. The summed E-state index contributed by atoms with van der Waals surface area (Å²) in [7, 11) is 0. The second kappa shape index (κ2) is 13.8. The lowest BCUT2D eigenvalue weighted by atomic mass is 9.94. The van der Waals surface area contributed by atoms with Crippen LogP contribution in [-0.2, 0) is 36.3 Å². The predicted molar refractivity (Wildman–Crippen MR) is 169 cm³/mol. The third-order valence-electron chi connectivity index (χ3n) is 7.97. The second-order valence-corrected chi connectivity index (χ2v) is 12.5. The highest BCUT2D eigenvalue weighted by Crippen LogP contribution is 2.49. The summed E-state index contributed by atoms with van der Waals surface area (Å²) < 4.78 is 116. The van der Waals surface area contributed by atoms with Crippen molar-refractivity contribution in [3.8, 4) is 35.3 Å². The van der Waals surface area contributed by atoms with Gasteiger partial charge in [-0.2, -0.15) is 27.1 Å². The molecular formula is C36H27F8N5O3. The Labute approximate surface area is 291 Å². The van der Waals surface area contributed by atoms with Gasteiger partial charge in [-0.3, -0.25) is 14.3 Å². The number of halogens is 8. The van der Waals surface area contributed by atoms with E-state index >= 15 is 8.78 Å². The monoisotopic (exact) mass is 729 g/mol. The minimum Gasteiger partial charge on any atom is -0.378 e. The molecule has 52 heavy (non-hydrogen) atoms. The van der Waals surface area contributed by atoms with Crippen molar-refractivity contribution >= 4 is 11.8 Å². The Morgan fingerprint density at radius 1 is 1.10 bits per heavy atom. The van der Waals surface area contributed by atoms with Crippen molar-refractivity contribution in [3.63, 3.8) is 0 Å². The summed E-state index contributed by atoms with van der Waals surface area (Å²) >= 11 is 0. The van der Waals surface area contributed by atoms with Crippen molar-refractivity contribution in [2.45, 2.75) is 57.0 Å². The highest BCUT2D eigenvalue weighted by atomic mass is 19.4. The fourth-order valence-electron chi connectivity index (χ4n) is 5.78. The number of carbonyl (C=O) groups excluding carboxylic acids is 2. The molecule has 2 heterocycles. The van der Waals surface area contributed by atoms with Gasteiger partial charge in [0.1, 0.15) is 41.0 Å². The van der Waals surface area contributed by atoms with Crippen LogP contribution in [0, 0.1) is 47.6 Å². The molecule has 0 saturated carbocycles. The minimum absolute atomic E-state index is 0.0116. The molecule has 0 spiro atoms. The van der Waals surface area contributed by atoms with Gasteiger partial charge in [-0.05, 0) is 80.1 Å². The van der Waals surface area contributed by atoms with Gasteiger partial charge in [-0.15, -0.1) is 6.42 Å². The standard InChI is InChI=1S/C36H27F8N5O3/c1-4-20-15-26-31(36(42,43)44)48-49(32(26)35(20,40)41)17-29(50)47-28(13-18-11-21(37)16-22(38)12-18)30-24(7-6-23(46-30)9-10-34(2,3)52)19-5-8-27(39)25(14-19)33(45)51/h1,5-8,11-12,14,16,20,28,52H,13,15,17H2,2-3H3,(H2,45,51)(H,47,50). The maximum Gasteiger partial charge on any atom is 0.435 e. The van der Waals surface area contributed by atoms with Crippen LogP contribution in [0.5, 0.6) is 0 Å². The lowest BCUT2D eigenvalue weighted by Gasteiger charge is -2.23. The Hall–Kier alpha value is -5.74. The van der Waals surface area contributed by atoms with Gasteiger partial charge in [0, 0.05) is 17.2 Å². The number of fused-ring (bicyclic) bond motifs is 1. The zero-order valence-corrected chi connectivity index (χ0v) is 27.2. The summed E-state index contributed by atoms with van der Waals surface area (Å²) in [6, 6.07) is 7.02. The first kappa shape index (κ1) is 37.5. The second-order valence-electron chi connectivity index (χ2n) is 12.5. The molecule has 16 heteroatoms. The first-order valence-corrected chi connectivity index (χ1v) is 15.3. The predicted octanol–water partition coefficient (Wildman–Crippen LogP) is 5.60. The Kier molecular flexibility index (Phi) is 9.93. The van der Waals surface area contributed by atoms with Crippen LogP contribution in [0.4, 0.5) is 35.1 Å². The number of hydrogen-bond donors (Lipinski definition) is 3. The average Bonchev–Trinajstić information content (AvgIpc) is 3.53. The maximum absolute atomic E-state index is 15.3. The Morgan fingerprint density at radius 2 is 1.77 bits per heavy atom. The van der Waals surface area contributed by atoms with Crippen LogP contribution >= 0.6 is 0 Å². The molecule has 1 aliphatic rings. The van der Waals surface area contributed by atoms with Crippen LogP contribution in [0.15, 0.2) is 48.5 Å². The minimum atomic E-state index is -5.17. The molecular weight excluding hydrogens is 702 g/mol. The summed E-state index contributed by atoms with van der Waals surface area (Å²) in [5, 5.41) is 15.9. The zero-order chi connectivity index (χ0) is 38.3. The molecule has 2 amide bonds. The van der Waals surface area contributed by atoms with E-state index in [1.165, 1.54) is 32.0 Å². The third-order valence-corrected chi connectivity index (χ3v) is 7.97. The van der Waals surface area contributed by atoms with Crippen molar-refractivity contribution in [1.29, 1.82) is 0 Å². The lowest BCUT2D eigenvalue weighted by molar-refractivity contribution is -0.142. The number of benzene rings is 2. The molecule has 4 N–H and O–H groups in total. The fourth-order valence-corrected chi connectivity index (χ4v) is 5.78. The number of carbonyl (C=O) groups is 2. The number of pyridine rings is 1. The van der Waals surface area contributed by atoms with E-state index in [4.69, 9.17) is 12.2 Å². The van der Waals surface area contributed by atoms with Gasteiger partial charge in [0.15, 0.2) is 5.69 Å². The lowest BCUT2D eigenvalue weighted by Crippen LogP contribution is -2.35. The summed E-state index contributed by atoms with van der Waals surface area (Å²) in [5.74, 6) is -4.23. The number of rotatable bonds is 8. The van der Waals surface area contributed by atoms with E-state index in [9.17, 15) is 41.0 Å². The number of aromatic nitrogens is 3. The van der Waals surface area contributed by atoms with Gasteiger partial charge in [0.25, 0.3) is 5.91 Å². The number of alkyl halides is 5. The number of hydrogen-bond acceptors (Lipinski definition) is 5. The number of amides is 2. The van der Waals surface area contributed by atoms with Crippen molar-refractivity contribution in [2.24, 2.45) is 11.7 Å². The number of nitrogens with zero attached hydrogens (tertiary/aromatic N) is 3. The third kappa shape index (κ3) is 7.92. The number of nitrogens with one attached hydrogen (secondary N) is 1. The molecule has 1 aliphatic carbocycles. The molecule has 4 aromatic rings. The first-order valence-electron chi connectivity index (χ1n) is 15.3. The van der Waals surface area contributed by atoms with Gasteiger partial charge in [-0.1, -0.05) is 17.9 Å². The van der Waals surface area contributed by atoms with E-state index in [1.807, 2.05) is 0 Å². The van der Waals surface area contributed by atoms with Crippen molar-refractivity contribution < 1.29 is 49.8 Å². The summed E-state index contributed by atoms with van der Waals surface area (Å²) in [4.78, 5) is 30.1. The van der Waals surface area contributed by atoms with Crippen LogP contribution in [0.3, 0.4) is 0 Å². The Balaban J connectivity index is 1.65. The summed E-state index contributed by atoms with van der Waals surface area (Å²) in [6.07, 6.45) is -1.28. The van der Waals surface area contributed by atoms with E-state index in [0.717, 1.165) is 24.3 Å². The molecule has 0 fully saturated rings. The first-order chi connectivity index (χ1) is 24.2. The van der Waals surface area contributed by atoms with Crippen LogP contribution in [0.25, 0.3) is 11.1 Å². The highest BCUT2D eigenvalue weighted by Gasteiger charge is 2.55. The number of nitrogens with two attached hydrogens (primary N) is 1. The van der Waals surface area contributed by atoms with Crippen LogP contribution in [-0.4, -0.2) is 37.3 Å². The maximum atomic E-state index is 15.3. The van der Waals surface area contributed by atoms with Gasteiger partial charge >= 0.3 is 12.1 Å². The van der Waals surface area contributed by atoms with E-state index in [2.05, 4.69) is 27.2 Å². The van der Waals surface area contributed by atoms with E-state index in [1.54, 1.807) is 5.92 Å². The molecule has 0 radical (unpaired) electrons. The number of aliphatic hydroxyl groups is 1. The molecule has 5 rings (SSSR count). The molecule has 2 unspecified atom stereocenters. The molecule has 8 nitrogen and oxygen atoms in total. The van der Waals surface area contributed by atoms with Crippen molar-refractivity contribution in [1.82, 2.24) is 20.1 Å². The molecule has 0 saturated heterocycles. The van der Waals surface area contributed by atoms with Crippen molar-refractivity contribution in [2.75, 3.05) is 0 Å². The number of terminal acetylenes is 1. The SMILES string of the molecule is C#CC1Cc2c(C(F)(F)F)nn(CC(=O)NC(Cc3cc(F)cc(F)c3)c3nc(C#CC(C)(C)O)ccc3-c3ccc(F)c(C(N)=O)c3)c2C1(F)F. The van der Waals surface area contributed by atoms with Gasteiger partial charge < -0.3 is 16.2 Å². The van der Waals surface area contributed by atoms with Gasteiger partial charge in [0.05, 0.1) is 23.2 Å². The highest BCUT2D eigenvalue weighted by molar-refractivity contribution is 5.94. The van der Waals surface area contributed by atoms with E-state index in [-0.39, 0.29) is 32.8 Å². The topological polar surface area (TPSA) is 123 Å². The molecule has 0 aliphatic heterocycles. The Bertz CT molecular complexity index is 2170. The number of primary amides is 1. The molecule has 0 bridgehead atoms. The molecule has 2 aromatic heterocycles. The van der Waals surface area contributed by atoms with Gasteiger partial charge in [0.2, 0.25) is 5.91 Å². The fraction of sp³-hybridized carbons (Fsp3) is 0.278. The summed E-state index contributed by atoms with van der Waals surface area (Å²) in [6.45, 7) is 1.58.